The molecule has 0 atom stereocenters. The third kappa shape index (κ3) is 3.21. The number of carboxylic acid groups (broad SMARTS) is 1. The molecule has 0 saturated carbocycles. The van der Waals surface area contributed by atoms with Gasteiger partial charge >= 0.3 is 5.97 Å². The van der Waals surface area contributed by atoms with Gasteiger partial charge in [-0.1, -0.05) is 5.92 Å². The van der Waals surface area contributed by atoms with Gasteiger partial charge in [0.05, 0.1) is 11.5 Å². The van der Waals surface area contributed by atoms with Gasteiger partial charge in [-0.05, 0) is 19.1 Å². The summed E-state index contributed by atoms with van der Waals surface area (Å²) >= 11 is 0. The summed E-state index contributed by atoms with van der Waals surface area (Å²) in [5.74, 6) is 4.08. The van der Waals surface area contributed by atoms with E-state index in [4.69, 9.17) is 5.11 Å². The number of hydrogen-bond acceptors (Lipinski definition) is 4. The molecule has 1 rings (SSSR count). The van der Waals surface area contributed by atoms with Crippen molar-refractivity contribution in [3.05, 3.63) is 33.9 Å². The molecule has 0 fully saturated rings. The predicted octanol–water partition coefficient (Wildman–Crippen LogP) is 1.73. The first-order valence-corrected chi connectivity index (χ1v) is 4.71. The average Bonchev–Trinajstić information content (AvgIpc) is 2.29. The van der Waals surface area contributed by atoms with Crippen LogP contribution in [0.1, 0.15) is 17.3 Å². The smallest absolute Gasteiger partial charge is 0.342 e. The van der Waals surface area contributed by atoms with Crippen LogP contribution in [-0.2, 0) is 0 Å². The van der Waals surface area contributed by atoms with Crippen LogP contribution in [0.4, 0.5) is 11.4 Å². The zero-order chi connectivity index (χ0) is 12.8. The Morgan fingerprint density at radius 1 is 1.59 bits per heavy atom. The lowest BCUT2D eigenvalue weighted by Gasteiger charge is -2.04. The number of benzene rings is 1. The Kier molecular flexibility index (Phi) is 4.06. The molecule has 0 unspecified atom stereocenters. The number of nitro groups is 1. The first kappa shape index (κ1) is 12.5. The maximum absolute atomic E-state index is 10.8. The van der Waals surface area contributed by atoms with Crippen LogP contribution >= 0.6 is 0 Å². The minimum Gasteiger partial charge on any atom is -0.477 e. The molecule has 2 N–H and O–H groups in total. The Bertz CT molecular complexity index is 514. The number of aromatic carboxylic acids is 1. The van der Waals surface area contributed by atoms with Gasteiger partial charge in [0.2, 0.25) is 0 Å². The molecule has 0 aromatic heterocycles. The Balaban J connectivity index is 3.04. The second-order valence-electron chi connectivity index (χ2n) is 3.07. The van der Waals surface area contributed by atoms with E-state index in [0.29, 0.717) is 12.2 Å². The van der Waals surface area contributed by atoms with Crippen molar-refractivity contribution in [2.24, 2.45) is 0 Å². The summed E-state index contributed by atoms with van der Waals surface area (Å²) in [4.78, 5) is 20.7. The van der Waals surface area contributed by atoms with Crippen molar-refractivity contribution in [2.75, 3.05) is 11.9 Å². The molecule has 17 heavy (non-hydrogen) atoms. The summed E-state index contributed by atoms with van der Waals surface area (Å²) in [6, 6.07) is 3.82. The van der Waals surface area contributed by atoms with E-state index in [2.05, 4.69) is 17.2 Å². The minimum absolute atomic E-state index is 0.343. The lowest BCUT2D eigenvalue weighted by molar-refractivity contribution is -0.385. The van der Waals surface area contributed by atoms with E-state index in [1.165, 1.54) is 12.1 Å². The van der Waals surface area contributed by atoms with Crippen LogP contribution < -0.4 is 5.32 Å². The van der Waals surface area contributed by atoms with E-state index < -0.39 is 16.6 Å². The van der Waals surface area contributed by atoms with Crippen molar-refractivity contribution >= 4 is 17.3 Å². The van der Waals surface area contributed by atoms with Crippen molar-refractivity contribution < 1.29 is 14.8 Å². The third-order valence-corrected chi connectivity index (χ3v) is 1.98. The first-order chi connectivity index (χ1) is 8.06. The Hall–Kier alpha value is -2.55. The molecule has 0 aliphatic carbocycles. The molecule has 88 valence electrons. The van der Waals surface area contributed by atoms with Gasteiger partial charge in [-0.2, -0.15) is 0 Å². The second kappa shape index (κ2) is 5.51. The fourth-order valence-corrected chi connectivity index (χ4v) is 1.21. The molecule has 0 saturated heterocycles. The number of nitrogens with zero attached hydrogens (tertiary/aromatic N) is 1. The molecule has 0 radical (unpaired) electrons. The van der Waals surface area contributed by atoms with Crippen molar-refractivity contribution in [1.82, 2.24) is 0 Å². The highest BCUT2D eigenvalue weighted by Gasteiger charge is 2.19. The summed E-state index contributed by atoms with van der Waals surface area (Å²) in [6.07, 6.45) is 0. The summed E-state index contributed by atoms with van der Waals surface area (Å²) in [6.45, 7) is 2.04. The molecule has 1 aromatic rings. The van der Waals surface area contributed by atoms with Crippen molar-refractivity contribution in [2.45, 2.75) is 6.92 Å². The number of nitro benzene ring substituents is 1. The van der Waals surface area contributed by atoms with Gasteiger partial charge in [-0.3, -0.25) is 10.1 Å². The highest BCUT2D eigenvalue weighted by Crippen LogP contribution is 2.22. The molecule has 0 amide bonds. The number of nitrogens with one attached hydrogen (secondary N) is 1. The molecular weight excluding hydrogens is 224 g/mol. The number of rotatable bonds is 4. The zero-order valence-electron chi connectivity index (χ0n) is 9.06. The van der Waals surface area contributed by atoms with E-state index >= 15 is 0 Å². The molecule has 0 spiro atoms. The lowest BCUT2D eigenvalue weighted by atomic mass is 10.1. The van der Waals surface area contributed by atoms with Crippen molar-refractivity contribution in [1.29, 1.82) is 0 Å². The highest BCUT2D eigenvalue weighted by atomic mass is 16.6. The second-order valence-corrected chi connectivity index (χ2v) is 3.07. The largest absolute Gasteiger partial charge is 0.477 e. The van der Waals surface area contributed by atoms with Crippen LogP contribution in [0.5, 0.6) is 0 Å². The summed E-state index contributed by atoms with van der Waals surface area (Å²) in [7, 11) is 0. The predicted molar refractivity (Wildman–Crippen MR) is 62.0 cm³/mol. The fraction of sp³-hybridized carbons (Fsp3) is 0.182. The van der Waals surface area contributed by atoms with Gasteiger partial charge in [0, 0.05) is 11.8 Å². The highest BCUT2D eigenvalue weighted by molar-refractivity contribution is 5.93. The van der Waals surface area contributed by atoms with E-state index in [-0.39, 0.29) is 5.56 Å². The van der Waals surface area contributed by atoms with Crippen molar-refractivity contribution in [3.63, 3.8) is 0 Å². The molecular formula is C11H10N2O4. The normalized spacial score (nSPS) is 9.00. The summed E-state index contributed by atoms with van der Waals surface area (Å²) in [5, 5.41) is 22.3. The Labute approximate surface area is 97.4 Å². The molecule has 1 aromatic carbocycles. The molecule has 6 heteroatoms. The SMILES string of the molecule is CC#CCNc1ccc([N+](=O)[O-])c(C(=O)O)c1. The lowest BCUT2D eigenvalue weighted by Crippen LogP contribution is -2.05. The number of carboxylic acids is 1. The number of anilines is 1. The Morgan fingerprint density at radius 2 is 2.29 bits per heavy atom. The fourth-order valence-electron chi connectivity index (χ4n) is 1.21. The summed E-state index contributed by atoms with van der Waals surface area (Å²) < 4.78 is 0. The first-order valence-electron chi connectivity index (χ1n) is 4.71. The maximum Gasteiger partial charge on any atom is 0.342 e. The standard InChI is InChI=1S/C11H10N2O4/c1-2-3-6-12-8-4-5-10(13(16)17)9(7-8)11(14)15/h4-5,7,12H,6H2,1H3,(H,14,15). The van der Waals surface area contributed by atoms with Crippen LogP contribution in [0.3, 0.4) is 0 Å². The van der Waals surface area contributed by atoms with Crippen LogP contribution in [0.2, 0.25) is 0 Å². The number of carbonyl (C=O) groups is 1. The zero-order valence-corrected chi connectivity index (χ0v) is 9.06. The summed E-state index contributed by atoms with van der Waals surface area (Å²) in [5.41, 5.74) is -0.287. The van der Waals surface area contributed by atoms with E-state index in [1.54, 1.807) is 6.92 Å². The molecule has 0 aliphatic heterocycles. The van der Waals surface area contributed by atoms with Gasteiger partial charge in [0.1, 0.15) is 5.56 Å². The average molecular weight is 234 g/mol. The molecule has 0 aliphatic rings. The van der Waals surface area contributed by atoms with Gasteiger partial charge < -0.3 is 10.4 Å². The van der Waals surface area contributed by atoms with E-state index in [0.717, 1.165) is 6.07 Å². The van der Waals surface area contributed by atoms with Crippen LogP contribution in [0.25, 0.3) is 0 Å². The molecule has 6 nitrogen and oxygen atoms in total. The topological polar surface area (TPSA) is 92.5 Å². The quantitative estimate of drug-likeness (QED) is 0.470. The van der Waals surface area contributed by atoms with Gasteiger partial charge in [-0.15, -0.1) is 5.92 Å². The Morgan fingerprint density at radius 3 is 2.82 bits per heavy atom. The van der Waals surface area contributed by atoms with Crippen LogP contribution in [-0.4, -0.2) is 22.5 Å². The van der Waals surface area contributed by atoms with Crippen molar-refractivity contribution in [3.8, 4) is 11.8 Å². The maximum atomic E-state index is 10.8. The molecule has 0 bridgehead atoms. The van der Waals surface area contributed by atoms with E-state index in [9.17, 15) is 14.9 Å². The van der Waals surface area contributed by atoms with Gasteiger partial charge in [0.15, 0.2) is 0 Å². The van der Waals surface area contributed by atoms with Crippen LogP contribution in [0.15, 0.2) is 18.2 Å². The van der Waals surface area contributed by atoms with Gasteiger partial charge in [-0.25, -0.2) is 4.79 Å². The minimum atomic E-state index is -1.33. The monoisotopic (exact) mass is 234 g/mol. The van der Waals surface area contributed by atoms with Gasteiger partial charge in [0.25, 0.3) is 5.69 Å². The third-order valence-electron chi connectivity index (χ3n) is 1.98. The molecule has 0 heterocycles. The number of hydrogen-bond donors (Lipinski definition) is 2. The van der Waals surface area contributed by atoms with Crippen LogP contribution in [0, 0.1) is 22.0 Å². The van der Waals surface area contributed by atoms with E-state index in [1.807, 2.05) is 0 Å².